The highest BCUT2D eigenvalue weighted by Gasteiger charge is 2.20. The predicted molar refractivity (Wildman–Crippen MR) is 125 cm³/mol. The molecule has 2 aromatic rings. The maximum atomic E-state index is 12.0. The molecule has 160 valence electrons. The summed E-state index contributed by atoms with van der Waals surface area (Å²) in [5.74, 6) is -0.621. The van der Waals surface area contributed by atoms with E-state index in [1.54, 1.807) is 13.0 Å². The average molecular weight is 456 g/mol. The van der Waals surface area contributed by atoms with Gasteiger partial charge in [0.1, 0.15) is 11.6 Å². The summed E-state index contributed by atoms with van der Waals surface area (Å²) in [4.78, 5) is 16.5. The summed E-state index contributed by atoms with van der Waals surface area (Å²) in [7, 11) is 0. The average Bonchev–Trinajstić information content (AvgIpc) is 2.79. The van der Waals surface area contributed by atoms with Crippen LogP contribution >= 0.6 is 23.2 Å². The number of rotatable bonds is 6. The summed E-state index contributed by atoms with van der Waals surface area (Å²) < 4.78 is 4.96. The van der Waals surface area contributed by atoms with E-state index >= 15 is 0 Å². The number of piperazine rings is 1. The molecule has 0 saturated carbocycles. The molecule has 1 heterocycles. The molecule has 31 heavy (non-hydrogen) atoms. The van der Waals surface area contributed by atoms with Gasteiger partial charge in [-0.3, -0.25) is 0 Å². The summed E-state index contributed by atoms with van der Waals surface area (Å²) >= 11 is 12.1. The third-order valence-electron chi connectivity index (χ3n) is 4.98. The first-order chi connectivity index (χ1) is 15.0. The number of hydrogen-bond acceptors (Lipinski definition) is 5. The van der Waals surface area contributed by atoms with Crippen LogP contribution < -0.4 is 4.90 Å². The van der Waals surface area contributed by atoms with Gasteiger partial charge in [0.25, 0.3) is 0 Å². The van der Waals surface area contributed by atoms with Gasteiger partial charge in [-0.1, -0.05) is 35.3 Å². The number of anilines is 1. The molecular formula is C24H23Cl2N3O2. The van der Waals surface area contributed by atoms with Crippen LogP contribution in [0.25, 0.3) is 5.70 Å². The Labute approximate surface area is 192 Å². The molecule has 5 nitrogen and oxygen atoms in total. The van der Waals surface area contributed by atoms with Gasteiger partial charge in [-0.15, -0.1) is 0 Å². The number of carbonyl (C=O) groups excluding carboxylic acids is 1. The number of nitrogens with zero attached hydrogens (tertiary/aromatic N) is 3. The van der Waals surface area contributed by atoms with Crippen LogP contribution in [0.1, 0.15) is 12.5 Å². The number of allylic oxidation sites excluding steroid dienone is 2. The van der Waals surface area contributed by atoms with Gasteiger partial charge in [0.2, 0.25) is 0 Å². The Hall–Kier alpha value is -2.94. The van der Waals surface area contributed by atoms with Crippen molar-refractivity contribution < 1.29 is 9.53 Å². The summed E-state index contributed by atoms with van der Waals surface area (Å²) in [6.45, 7) is 5.16. The first-order valence-corrected chi connectivity index (χ1v) is 10.8. The molecule has 0 aliphatic carbocycles. The molecule has 1 aliphatic heterocycles. The Morgan fingerprint density at radius 2 is 1.58 bits per heavy atom. The van der Waals surface area contributed by atoms with E-state index in [0.717, 1.165) is 48.1 Å². The first kappa shape index (κ1) is 22.7. The van der Waals surface area contributed by atoms with Gasteiger partial charge >= 0.3 is 5.97 Å². The number of esters is 1. The van der Waals surface area contributed by atoms with E-state index in [4.69, 9.17) is 27.9 Å². The molecule has 3 rings (SSSR count). The predicted octanol–water partition coefficient (Wildman–Crippen LogP) is 5.17. The lowest BCUT2D eigenvalue weighted by Crippen LogP contribution is -2.45. The van der Waals surface area contributed by atoms with Gasteiger partial charge in [0.15, 0.2) is 0 Å². The Morgan fingerprint density at radius 1 is 1.00 bits per heavy atom. The molecule has 1 saturated heterocycles. The van der Waals surface area contributed by atoms with Crippen molar-refractivity contribution in [3.8, 4) is 6.07 Å². The van der Waals surface area contributed by atoms with Crippen LogP contribution in [0.2, 0.25) is 10.0 Å². The molecule has 7 heteroatoms. The second kappa shape index (κ2) is 10.9. The van der Waals surface area contributed by atoms with Crippen LogP contribution in [-0.4, -0.2) is 43.7 Å². The third-order valence-corrected chi connectivity index (χ3v) is 5.48. The number of halogens is 2. The van der Waals surface area contributed by atoms with Crippen LogP contribution in [0.5, 0.6) is 0 Å². The van der Waals surface area contributed by atoms with Gasteiger partial charge < -0.3 is 14.5 Å². The Kier molecular flexibility index (Phi) is 8.00. The van der Waals surface area contributed by atoms with Crippen molar-refractivity contribution in [2.75, 3.05) is 37.7 Å². The lowest BCUT2D eigenvalue weighted by molar-refractivity contribution is -0.138. The molecule has 0 radical (unpaired) electrons. The smallest absolute Gasteiger partial charge is 0.348 e. The number of benzene rings is 2. The standard InChI is InChI=1S/C24H23Cl2N3O2/c1-2-31-24(30)19(17-27)5-12-23(18-3-6-20(25)7-4-18)29-15-13-28(14-16-29)22-10-8-21(26)9-11-22/h3-12H,2,13-16H2,1H3. The quantitative estimate of drug-likeness (QED) is 0.260. The molecule has 2 aromatic carbocycles. The second-order valence-corrected chi connectivity index (χ2v) is 7.79. The van der Waals surface area contributed by atoms with Gasteiger partial charge in [-0.25, -0.2) is 4.79 Å². The first-order valence-electron chi connectivity index (χ1n) is 10.0. The SMILES string of the molecule is CCOC(=O)C(C#N)=CC=C(c1ccc(Cl)cc1)N1CCN(c2ccc(Cl)cc2)CC1. The van der Waals surface area contributed by atoms with E-state index in [9.17, 15) is 10.1 Å². The molecule has 0 atom stereocenters. The summed E-state index contributed by atoms with van der Waals surface area (Å²) in [6.07, 6.45) is 3.32. The molecule has 0 N–H and O–H groups in total. The molecule has 0 unspecified atom stereocenters. The Balaban J connectivity index is 1.84. The van der Waals surface area contributed by atoms with E-state index in [1.807, 2.05) is 54.6 Å². The largest absolute Gasteiger partial charge is 0.462 e. The van der Waals surface area contributed by atoms with Gasteiger partial charge in [-0.2, -0.15) is 5.26 Å². The van der Waals surface area contributed by atoms with Crippen molar-refractivity contribution >= 4 is 40.6 Å². The zero-order chi connectivity index (χ0) is 22.2. The van der Waals surface area contributed by atoms with E-state index in [2.05, 4.69) is 9.80 Å². The highest BCUT2D eigenvalue weighted by Crippen LogP contribution is 2.26. The highest BCUT2D eigenvalue weighted by molar-refractivity contribution is 6.30. The fourth-order valence-corrected chi connectivity index (χ4v) is 3.64. The molecular weight excluding hydrogens is 433 g/mol. The number of carbonyl (C=O) groups is 1. The van der Waals surface area contributed by atoms with Crippen molar-refractivity contribution in [2.24, 2.45) is 0 Å². The number of hydrogen-bond donors (Lipinski definition) is 0. The molecule has 1 fully saturated rings. The highest BCUT2D eigenvalue weighted by atomic mass is 35.5. The van der Waals surface area contributed by atoms with Crippen molar-refractivity contribution in [1.29, 1.82) is 5.26 Å². The Bertz CT molecular complexity index is 1000. The van der Waals surface area contributed by atoms with Gasteiger partial charge in [0.05, 0.1) is 6.61 Å². The summed E-state index contributed by atoms with van der Waals surface area (Å²) in [6, 6.07) is 17.3. The van der Waals surface area contributed by atoms with Crippen LogP contribution in [0, 0.1) is 11.3 Å². The summed E-state index contributed by atoms with van der Waals surface area (Å²) in [5, 5.41) is 10.7. The minimum absolute atomic E-state index is 0.0342. The van der Waals surface area contributed by atoms with Crippen molar-refractivity contribution in [1.82, 2.24) is 4.90 Å². The topological polar surface area (TPSA) is 56.6 Å². The van der Waals surface area contributed by atoms with Gasteiger partial charge in [0, 0.05) is 47.6 Å². The van der Waals surface area contributed by atoms with E-state index < -0.39 is 5.97 Å². The fourth-order valence-electron chi connectivity index (χ4n) is 3.38. The molecule has 0 amide bonds. The second-order valence-electron chi connectivity index (χ2n) is 6.92. The maximum Gasteiger partial charge on any atom is 0.348 e. The molecule has 0 spiro atoms. The lowest BCUT2D eigenvalue weighted by Gasteiger charge is -2.38. The molecule has 0 aromatic heterocycles. The zero-order valence-electron chi connectivity index (χ0n) is 17.2. The molecule has 1 aliphatic rings. The van der Waals surface area contributed by atoms with Crippen LogP contribution in [0.15, 0.2) is 66.3 Å². The van der Waals surface area contributed by atoms with Gasteiger partial charge in [-0.05, 0) is 61.0 Å². The zero-order valence-corrected chi connectivity index (χ0v) is 18.7. The van der Waals surface area contributed by atoms with Crippen molar-refractivity contribution in [3.05, 3.63) is 81.9 Å². The normalized spacial score (nSPS) is 14.9. The van der Waals surface area contributed by atoms with Crippen molar-refractivity contribution in [2.45, 2.75) is 6.92 Å². The monoisotopic (exact) mass is 455 g/mol. The van der Waals surface area contributed by atoms with Crippen LogP contribution in [-0.2, 0) is 9.53 Å². The lowest BCUT2D eigenvalue weighted by atomic mass is 10.1. The molecule has 0 bridgehead atoms. The van der Waals surface area contributed by atoms with E-state index in [1.165, 1.54) is 6.08 Å². The van der Waals surface area contributed by atoms with Crippen molar-refractivity contribution in [3.63, 3.8) is 0 Å². The van der Waals surface area contributed by atoms with Crippen LogP contribution in [0.3, 0.4) is 0 Å². The minimum atomic E-state index is -0.621. The number of ether oxygens (including phenoxy) is 1. The van der Waals surface area contributed by atoms with E-state index in [-0.39, 0.29) is 12.2 Å². The number of nitriles is 1. The third kappa shape index (κ3) is 6.04. The van der Waals surface area contributed by atoms with Crippen LogP contribution in [0.4, 0.5) is 5.69 Å². The fraction of sp³-hybridized carbons (Fsp3) is 0.250. The summed E-state index contributed by atoms with van der Waals surface area (Å²) in [5.41, 5.74) is 2.98. The van der Waals surface area contributed by atoms with E-state index in [0.29, 0.717) is 5.02 Å². The minimum Gasteiger partial charge on any atom is -0.462 e. The maximum absolute atomic E-state index is 12.0. The Morgan fingerprint density at radius 3 is 2.13 bits per heavy atom.